The molecule has 2 aliphatic rings. The van der Waals surface area contributed by atoms with Crippen LogP contribution in [0.3, 0.4) is 0 Å². The number of carbonyl (C=O) groups is 1. The third-order valence-corrected chi connectivity index (χ3v) is 5.45. The molecular weight excluding hydrogens is 400 g/mol. The Kier molecular flexibility index (Phi) is 8.98. The van der Waals surface area contributed by atoms with Gasteiger partial charge < -0.3 is 19.7 Å². The third kappa shape index (κ3) is 9.31. The topological polar surface area (TPSA) is 50.8 Å². The predicted octanol–water partition coefficient (Wildman–Crippen LogP) is 5.48. The molecule has 0 spiro atoms. The number of para-hydroxylation sites is 1. The van der Waals surface area contributed by atoms with Crippen molar-refractivity contribution in [1.29, 1.82) is 0 Å². The van der Waals surface area contributed by atoms with Crippen LogP contribution in [0, 0.1) is 5.92 Å². The maximum absolute atomic E-state index is 11.6. The van der Waals surface area contributed by atoms with Crippen LogP contribution in [0.5, 0.6) is 5.75 Å². The lowest BCUT2D eigenvalue weighted by molar-refractivity contribution is 0.0461. The van der Waals surface area contributed by atoms with Crippen LogP contribution in [0.25, 0.3) is 0 Å². The highest BCUT2D eigenvalue weighted by Crippen LogP contribution is 2.39. The van der Waals surface area contributed by atoms with E-state index in [0.717, 1.165) is 44.3 Å². The summed E-state index contributed by atoms with van der Waals surface area (Å²) in [5.41, 5.74) is 1.09. The van der Waals surface area contributed by atoms with Gasteiger partial charge in [-0.1, -0.05) is 48.5 Å². The molecule has 1 N–H and O–H groups in total. The maximum Gasteiger partial charge on any atom is 0.407 e. The molecule has 5 heteroatoms. The number of benzene rings is 2. The van der Waals surface area contributed by atoms with Gasteiger partial charge >= 0.3 is 6.09 Å². The fourth-order valence-corrected chi connectivity index (χ4v) is 3.67. The normalized spacial score (nSPS) is 16.3. The fraction of sp³-hybridized carbons (Fsp3) is 0.519. The number of nitrogens with zero attached hydrogens (tertiary/aromatic N) is 1. The minimum Gasteiger partial charge on any atom is -0.494 e. The zero-order chi connectivity index (χ0) is 22.8. The average Bonchev–Trinajstić information content (AvgIpc) is 3.58. The molecule has 1 amide bonds. The zero-order valence-corrected chi connectivity index (χ0v) is 19.8. The van der Waals surface area contributed by atoms with Crippen molar-refractivity contribution in [3.63, 3.8) is 0 Å². The lowest BCUT2D eigenvalue weighted by Crippen LogP contribution is -2.52. The standard InChI is InChI=1S/C18H28N2O3.C9H10/c1-18(2,3)23-17(21)19-12-15-13-20(14-15)10-7-11-22-16-8-5-4-6-9-16;1-2-4-8(5-3-1)9-6-7-9/h4-6,8-9,15H,7,10-14H2,1-3H3,(H,19,21);1-5,9H,6-7H2. The number of hydrogen-bond donors (Lipinski definition) is 1. The van der Waals surface area contributed by atoms with Crippen molar-refractivity contribution in [3.8, 4) is 5.75 Å². The Balaban J connectivity index is 0.000000264. The largest absolute Gasteiger partial charge is 0.494 e. The zero-order valence-electron chi connectivity index (χ0n) is 19.8. The first-order valence-electron chi connectivity index (χ1n) is 11.8. The average molecular weight is 439 g/mol. The van der Waals surface area contributed by atoms with Gasteiger partial charge in [0.2, 0.25) is 0 Å². The van der Waals surface area contributed by atoms with E-state index in [-0.39, 0.29) is 6.09 Å². The van der Waals surface area contributed by atoms with Gasteiger partial charge in [-0.15, -0.1) is 0 Å². The molecule has 0 aromatic heterocycles. The van der Waals surface area contributed by atoms with Crippen molar-refractivity contribution in [1.82, 2.24) is 10.2 Å². The van der Waals surface area contributed by atoms with E-state index in [9.17, 15) is 4.79 Å². The molecule has 1 aliphatic carbocycles. The molecule has 2 fully saturated rings. The van der Waals surface area contributed by atoms with Crippen molar-refractivity contribution in [2.24, 2.45) is 5.92 Å². The van der Waals surface area contributed by atoms with Crippen LogP contribution in [-0.2, 0) is 4.74 Å². The van der Waals surface area contributed by atoms with Gasteiger partial charge in [0.05, 0.1) is 6.61 Å². The number of likely N-dealkylation sites (tertiary alicyclic amines) is 1. The second-order valence-corrected chi connectivity index (χ2v) is 9.71. The van der Waals surface area contributed by atoms with E-state index in [0.29, 0.717) is 12.5 Å². The minimum atomic E-state index is -0.436. The molecule has 1 saturated heterocycles. The van der Waals surface area contributed by atoms with Gasteiger partial charge in [-0.2, -0.15) is 0 Å². The molecule has 1 saturated carbocycles. The Morgan fingerprint density at radius 1 is 1.00 bits per heavy atom. The highest BCUT2D eigenvalue weighted by Gasteiger charge is 2.27. The van der Waals surface area contributed by atoms with E-state index in [1.165, 1.54) is 18.4 Å². The number of ether oxygens (including phenoxy) is 2. The highest BCUT2D eigenvalue weighted by atomic mass is 16.6. The number of hydrogen-bond acceptors (Lipinski definition) is 4. The van der Waals surface area contributed by atoms with Crippen LogP contribution in [0.2, 0.25) is 0 Å². The van der Waals surface area contributed by atoms with E-state index in [2.05, 4.69) is 40.5 Å². The summed E-state index contributed by atoms with van der Waals surface area (Å²) in [5, 5.41) is 2.84. The molecule has 0 radical (unpaired) electrons. The summed E-state index contributed by atoms with van der Waals surface area (Å²) >= 11 is 0. The quantitative estimate of drug-likeness (QED) is 0.555. The number of rotatable bonds is 8. The van der Waals surface area contributed by atoms with Gasteiger partial charge in [-0.25, -0.2) is 4.79 Å². The Morgan fingerprint density at radius 3 is 2.22 bits per heavy atom. The summed E-state index contributed by atoms with van der Waals surface area (Å²) in [6, 6.07) is 20.6. The van der Waals surface area contributed by atoms with Crippen LogP contribution in [0.15, 0.2) is 60.7 Å². The predicted molar refractivity (Wildman–Crippen MR) is 129 cm³/mol. The molecule has 5 nitrogen and oxygen atoms in total. The second kappa shape index (κ2) is 11.9. The van der Waals surface area contributed by atoms with Crippen molar-refractivity contribution in [2.45, 2.75) is 51.6 Å². The van der Waals surface area contributed by atoms with Gasteiger partial charge in [0, 0.05) is 32.1 Å². The van der Waals surface area contributed by atoms with Crippen molar-refractivity contribution >= 4 is 6.09 Å². The summed E-state index contributed by atoms with van der Waals surface area (Å²) in [7, 11) is 0. The van der Waals surface area contributed by atoms with Crippen LogP contribution in [-0.4, -0.2) is 49.4 Å². The number of amides is 1. The van der Waals surface area contributed by atoms with Crippen LogP contribution in [0.1, 0.15) is 51.5 Å². The Labute approximate surface area is 193 Å². The molecule has 2 aromatic rings. The first-order chi connectivity index (χ1) is 15.4. The van der Waals surface area contributed by atoms with Crippen LogP contribution >= 0.6 is 0 Å². The van der Waals surface area contributed by atoms with Gasteiger partial charge in [-0.05, 0) is 63.6 Å². The van der Waals surface area contributed by atoms with Gasteiger partial charge in [0.25, 0.3) is 0 Å². The number of nitrogens with one attached hydrogen (secondary N) is 1. The molecule has 174 valence electrons. The first-order valence-corrected chi connectivity index (χ1v) is 11.8. The molecule has 0 unspecified atom stereocenters. The summed E-state index contributed by atoms with van der Waals surface area (Å²) < 4.78 is 10.9. The van der Waals surface area contributed by atoms with E-state index < -0.39 is 5.60 Å². The van der Waals surface area contributed by atoms with Crippen molar-refractivity contribution in [2.75, 3.05) is 32.8 Å². The number of alkyl carbamates (subject to hydrolysis) is 1. The summed E-state index contributed by atoms with van der Waals surface area (Å²) in [6.07, 6.45) is 3.50. The Bertz CT molecular complexity index is 795. The SMILES string of the molecule is CC(C)(C)OC(=O)NCC1CN(CCCOc2ccccc2)C1.c1ccc(C2CC2)cc1. The molecular formula is C27H38N2O3. The molecule has 32 heavy (non-hydrogen) atoms. The molecule has 1 heterocycles. The van der Waals surface area contributed by atoms with E-state index in [1.807, 2.05) is 51.1 Å². The molecule has 2 aromatic carbocycles. The lowest BCUT2D eigenvalue weighted by Gasteiger charge is -2.39. The van der Waals surface area contributed by atoms with Crippen molar-refractivity contribution in [3.05, 3.63) is 66.2 Å². The van der Waals surface area contributed by atoms with E-state index >= 15 is 0 Å². The molecule has 4 rings (SSSR count). The fourth-order valence-electron chi connectivity index (χ4n) is 3.67. The lowest BCUT2D eigenvalue weighted by atomic mass is 10.0. The van der Waals surface area contributed by atoms with Gasteiger partial charge in [-0.3, -0.25) is 0 Å². The highest BCUT2D eigenvalue weighted by molar-refractivity contribution is 5.67. The minimum absolute atomic E-state index is 0.327. The molecule has 0 bridgehead atoms. The van der Waals surface area contributed by atoms with Crippen molar-refractivity contribution < 1.29 is 14.3 Å². The third-order valence-electron chi connectivity index (χ3n) is 5.45. The molecule has 0 atom stereocenters. The van der Waals surface area contributed by atoms with Crippen LogP contribution in [0.4, 0.5) is 4.79 Å². The second-order valence-electron chi connectivity index (χ2n) is 9.71. The van der Waals surface area contributed by atoms with E-state index in [4.69, 9.17) is 9.47 Å². The first kappa shape index (κ1) is 24.1. The summed E-state index contributed by atoms with van der Waals surface area (Å²) in [6.45, 7) is 10.1. The van der Waals surface area contributed by atoms with Gasteiger partial charge in [0.1, 0.15) is 11.4 Å². The Morgan fingerprint density at radius 2 is 1.62 bits per heavy atom. The summed E-state index contributed by atoms with van der Waals surface area (Å²) in [4.78, 5) is 14.0. The maximum atomic E-state index is 11.6. The van der Waals surface area contributed by atoms with Gasteiger partial charge in [0.15, 0.2) is 0 Å². The van der Waals surface area contributed by atoms with Crippen LogP contribution < -0.4 is 10.1 Å². The smallest absolute Gasteiger partial charge is 0.407 e. The molecule has 1 aliphatic heterocycles. The number of carbonyl (C=O) groups excluding carboxylic acids is 1. The monoisotopic (exact) mass is 438 g/mol. The Hall–Kier alpha value is -2.53. The van der Waals surface area contributed by atoms with E-state index in [1.54, 1.807) is 0 Å². The summed E-state index contributed by atoms with van der Waals surface area (Å²) in [5.74, 6) is 2.36.